The number of anilines is 1. The molecule has 2 fully saturated rings. The molecular formula is C21H30FN5O5. The van der Waals surface area contributed by atoms with Crippen LogP contribution in [0.15, 0.2) is 6.20 Å². The highest BCUT2D eigenvalue weighted by atomic mass is 19.1. The number of carbonyl (C=O) groups is 1. The summed E-state index contributed by atoms with van der Waals surface area (Å²) in [7, 11) is 0. The molecule has 2 aliphatic heterocycles. The minimum atomic E-state index is -1.36. The maximum absolute atomic E-state index is 14.8. The first kappa shape index (κ1) is 23.9. The molecule has 1 aromatic rings. The highest BCUT2D eigenvalue weighted by Crippen LogP contribution is 2.27. The highest BCUT2D eigenvalue weighted by molar-refractivity contribution is 5.68. The second kappa shape index (κ2) is 9.42. The van der Waals surface area contributed by atoms with E-state index in [1.807, 2.05) is 6.07 Å². The summed E-state index contributed by atoms with van der Waals surface area (Å²) in [6, 6.07) is 1.34. The molecule has 0 aliphatic carbocycles. The SMILES string of the molecule is CC(C)(C)OC(=O)N1CC[C@H](Nc2ncc(C#N)c(O[C@H]3CCOC[C@@]3(C)O)n2)[C@H](F)C1. The molecule has 1 aromatic heterocycles. The monoisotopic (exact) mass is 451 g/mol. The Morgan fingerprint density at radius 3 is 2.84 bits per heavy atom. The molecule has 2 saturated heterocycles. The Balaban J connectivity index is 1.66. The lowest BCUT2D eigenvalue weighted by Gasteiger charge is -2.36. The van der Waals surface area contributed by atoms with Gasteiger partial charge < -0.3 is 29.5 Å². The van der Waals surface area contributed by atoms with Gasteiger partial charge in [-0.25, -0.2) is 14.2 Å². The summed E-state index contributed by atoms with van der Waals surface area (Å²) < 4.78 is 31.2. The van der Waals surface area contributed by atoms with E-state index in [1.165, 1.54) is 11.1 Å². The molecule has 11 heteroatoms. The van der Waals surface area contributed by atoms with Crippen LogP contribution in [-0.2, 0) is 9.47 Å². The summed E-state index contributed by atoms with van der Waals surface area (Å²) in [6.45, 7) is 7.59. The molecule has 10 nitrogen and oxygen atoms in total. The minimum Gasteiger partial charge on any atom is -0.470 e. The number of aliphatic hydroxyl groups is 1. The van der Waals surface area contributed by atoms with Crippen molar-refractivity contribution in [2.24, 2.45) is 0 Å². The lowest BCUT2D eigenvalue weighted by atomic mass is 9.95. The molecule has 0 saturated carbocycles. The topological polar surface area (TPSA) is 130 Å². The fraction of sp³-hybridized carbons (Fsp3) is 0.714. The Kier molecular flexibility index (Phi) is 7.05. The molecule has 0 unspecified atom stereocenters. The number of amides is 1. The van der Waals surface area contributed by atoms with E-state index in [1.54, 1.807) is 27.7 Å². The first-order valence-corrected chi connectivity index (χ1v) is 10.6. The van der Waals surface area contributed by atoms with Gasteiger partial charge in [0.15, 0.2) is 0 Å². The number of likely N-dealkylation sites (tertiary alicyclic amines) is 1. The number of halogens is 1. The number of piperidine rings is 1. The molecular weight excluding hydrogens is 421 g/mol. The lowest BCUT2D eigenvalue weighted by Crippen LogP contribution is -2.51. The average molecular weight is 451 g/mol. The van der Waals surface area contributed by atoms with Crippen molar-refractivity contribution < 1.29 is 28.5 Å². The van der Waals surface area contributed by atoms with Crippen molar-refractivity contribution >= 4 is 12.0 Å². The van der Waals surface area contributed by atoms with Crippen molar-refractivity contribution in [2.75, 3.05) is 31.6 Å². The summed E-state index contributed by atoms with van der Waals surface area (Å²) in [5.41, 5.74) is -1.78. The summed E-state index contributed by atoms with van der Waals surface area (Å²) >= 11 is 0. The second-order valence-corrected chi connectivity index (χ2v) is 9.31. The molecule has 2 aliphatic rings. The smallest absolute Gasteiger partial charge is 0.410 e. The van der Waals surface area contributed by atoms with E-state index in [2.05, 4.69) is 15.3 Å². The zero-order valence-corrected chi connectivity index (χ0v) is 18.8. The number of rotatable bonds is 4. The van der Waals surface area contributed by atoms with Crippen molar-refractivity contribution in [2.45, 2.75) is 70.1 Å². The van der Waals surface area contributed by atoms with E-state index < -0.39 is 35.6 Å². The maximum atomic E-state index is 14.8. The minimum absolute atomic E-state index is 0.0128. The zero-order chi connectivity index (χ0) is 23.5. The molecule has 2 N–H and O–H groups in total. The maximum Gasteiger partial charge on any atom is 0.410 e. The van der Waals surface area contributed by atoms with Gasteiger partial charge in [0.05, 0.1) is 32.0 Å². The molecule has 3 rings (SSSR count). The predicted molar refractivity (Wildman–Crippen MR) is 112 cm³/mol. The van der Waals surface area contributed by atoms with E-state index in [0.29, 0.717) is 26.0 Å². The van der Waals surface area contributed by atoms with E-state index in [-0.39, 0.29) is 30.5 Å². The fourth-order valence-electron chi connectivity index (χ4n) is 3.52. The number of nitrogens with zero attached hydrogens (tertiary/aromatic N) is 4. The van der Waals surface area contributed by atoms with Gasteiger partial charge in [-0.1, -0.05) is 0 Å². The van der Waals surface area contributed by atoms with Crippen LogP contribution in [0, 0.1) is 11.3 Å². The van der Waals surface area contributed by atoms with Crippen LogP contribution < -0.4 is 10.1 Å². The predicted octanol–water partition coefficient (Wildman–Crippen LogP) is 2.03. The third-order valence-electron chi connectivity index (χ3n) is 5.25. The summed E-state index contributed by atoms with van der Waals surface area (Å²) in [5.74, 6) is 0.114. The van der Waals surface area contributed by atoms with Crippen LogP contribution in [0.2, 0.25) is 0 Å². The lowest BCUT2D eigenvalue weighted by molar-refractivity contribution is -0.139. The molecule has 3 heterocycles. The number of hydrogen-bond acceptors (Lipinski definition) is 9. The molecule has 0 aromatic carbocycles. The number of nitriles is 1. The number of alkyl halides is 1. The Labute approximate surface area is 186 Å². The standard InChI is InChI=1S/C21H30FN5O5/c1-20(2,3)32-19(28)27-7-5-15(14(22)11-27)25-18-24-10-13(9-23)17(26-18)31-16-6-8-30-12-21(16,4)29/h10,14-16,29H,5-8,11-12H2,1-4H3,(H,24,25,26)/t14-,15+,16+,21-/m1/s1. The molecule has 0 spiro atoms. The Morgan fingerprint density at radius 1 is 1.47 bits per heavy atom. The van der Waals surface area contributed by atoms with Crippen molar-refractivity contribution in [3.05, 3.63) is 11.8 Å². The normalized spacial score (nSPS) is 28.5. The molecule has 4 atom stereocenters. The van der Waals surface area contributed by atoms with Crippen LogP contribution in [0.4, 0.5) is 15.1 Å². The Hall–Kier alpha value is -2.71. The number of nitrogens with one attached hydrogen (secondary N) is 1. The highest BCUT2D eigenvalue weighted by Gasteiger charge is 2.38. The van der Waals surface area contributed by atoms with Gasteiger partial charge in [-0.3, -0.25) is 0 Å². The van der Waals surface area contributed by atoms with Crippen molar-refractivity contribution in [3.8, 4) is 11.9 Å². The first-order valence-electron chi connectivity index (χ1n) is 10.6. The van der Waals surface area contributed by atoms with Gasteiger partial charge in [0, 0.05) is 13.0 Å². The molecule has 32 heavy (non-hydrogen) atoms. The summed E-state index contributed by atoms with van der Waals surface area (Å²) in [5, 5.41) is 22.8. The molecule has 176 valence electrons. The van der Waals surface area contributed by atoms with Gasteiger partial charge in [0.2, 0.25) is 11.8 Å². The van der Waals surface area contributed by atoms with Gasteiger partial charge in [-0.15, -0.1) is 0 Å². The van der Waals surface area contributed by atoms with Crippen molar-refractivity contribution in [1.82, 2.24) is 14.9 Å². The van der Waals surface area contributed by atoms with Gasteiger partial charge in [0.1, 0.15) is 35.1 Å². The largest absolute Gasteiger partial charge is 0.470 e. The van der Waals surface area contributed by atoms with Crippen LogP contribution in [-0.4, -0.2) is 81.9 Å². The molecule has 0 radical (unpaired) electrons. The van der Waals surface area contributed by atoms with Crippen molar-refractivity contribution in [3.63, 3.8) is 0 Å². The molecule has 1 amide bonds. The van der Waals surface area contributed by atoms with Crippen molar-refractivity contribution in [1.29, 1.82) is 5.26 Å². The van der Waals surface area contributed by atoms with E-state index in [4.69, 9.17) is 14.2 Å². The van der Waals surface area contributed by atoms with E-state index in [0.717, 1.165) is 0 Å². The third kappa shape index (κ3) is 5.95. The fourth-order valence-corrected chi connectivity index (χ4v) is 3.52. The van der Waals surface area contributed by atoms with Gasteiger partial charge in [0.25, 0.3) is 0 Å². The summed E-state index contributed by atoms with van der Waals surface area (Å²) in [6.07, 6.45) is -0.475. The quantitative estimate of drug-likeness (QED) is 0.706. The third-order valence-corrected chi connectivity index (χ3v) is 5.25. The van der Waals surface area contributed by atoms with Gasteiger partial charge in [-0.05, 0) is 34.1 Å². The second-order valence-electron chi connectivity index (χ2n) is 9.31. The van der Waals surface area contributed by atoms with Gasteiger partial charge >= 0.3 is 6.09 Å². The van der Waals surface area contributed by atoms with Crippen LogP contribution in [0.1, 0.15) is 46.1 Å². The van der Waals surface area contributed by atoms with Crippen LogP contribution in [0.3, 0.4) is 0 Å². The van der Waals surface area contributed by atoms with Gasteiger partial charge in [-0.2, -0.15) is 10.2 Å². The zero-order valence-electron chi connectivity index (χ0n) is 18.8. The van der Waals surface area contributed by atoms with E-state index in [9.17, 15) is 19.6 Å². The van der Waals surface area contributed by atoms with E-state index >= 15 is 0 Å². The number of carbonyl (C=O) groups excluding carboxylic acids is 1. The van der Waals surface area contributed by atoms with Crippen LogP contribution in [0.5, 0.6) is 5.88 Å². The summed E-state index contributed by atoms with van der Waals surface area (Å²) in [4.78, 5) is 21.9. The number of hydrogen-bond donors (Lipinski definition) is 2. The van der Waals surface area contributed by atoms with Crippen LogP contribution in [0.25, 0.3) is 0 Å². The number of ether oxygens (including phenoxy) is 3. The Bertz CT molecular complexity index is 869. The van der Waals surface area contributed by atoms with Crippen LogP contribution >= 0.6 is 0 Å². The first-order chi connectivity index (χ1) is 15.0. The molecule has 0 bridgehead atoms. The average Bonchev–Trinajstić information content (AvgIpc) is 2.70. The Morgan fingerprint density at radius 2 is 2.22 bits per heavy atom. The number of aromatic nitrogens is 2.